The van der Waals surface area contributed by atoms with E-state index in [0.717, 1.165) is 9.79 Å². The van der Waals surface area contributed by atoms with Crippen molar-refractivity contribution in [2.24, 2.45) is 0 Å². The number of carbonyl (C=O) groups excluding carboxylic acids is 2. The summed E-state index contributed by atoms with van der Waals surface area (Å²) in [4.78, 5) is 27.9. The number of thioether (sulfide) groups is 2. The van der Waals surface area contributed by atoms with Crippen molar-refractivity contribution in [1.82, 2.24) is 0 Å². The number of benzene rings is 2. The molecule has 0 fully saturated rings. The first kappa shape index (κ1) is 18.2. The number of Topliss-reactive ketones (excluding diaryl/α,β-unsaturated/α-hetero) is 2. The van der Waals surface area contributed by atoms with Crippen LogP contribution in [0.25, 0.3) is 0 Å². The number of fused-ring (bicyclic) bond motifs is 2. The Morgan fingerprint density at radius 3 is 1.40 bits per heavy atom. The SMILES string of the molecule is O=C1/C(=C2/Sc3ccccc3C2=O)Sc2ccccc21.O=S(=O)(O)Cl. The molecule has 1 N–H and O–H groups in total. The van der Waals surface area contributed by atoms with Gasteiger partial charge < -0.3 is 0 Å². The summed E-state index contributed by atoms with van der Waals surface area (Å²) in [6.07, 6.45) is 0. The molecule has 2 aliphatic heterocycles. The van der Waals surface area contributed by atoms with Crippen molar-refractivity contribution in [2.45, 2.75) is 9.79 Å². The summed E-state index contributed by atoms with van der Waals surface area (Å²) in [7, 11) is -0.137. The third kappa shape index (κ3) is 3.99. The van der Waals surface area contributed by atoms with Gasteiger partial charge in [0.2, 0.25) is 11.6 Å². The van der Waals surface area contributed by atoms with Gasteiger partial charge in [-0.2, -0.15) is 8.42 Å². The molecule has 2 aromatic rings. The second-order valence-corrected chi connectivity index (χ2v) is 9.02. The molecule has 2 aromatic carbocycles. The number of rotatable bonds is 0. The maximum absolute atomic E-state index is 12.4. The first-order valence-corrected chi connectivity index (χ1v) is 10.7. The molecule has 0 unspecified atom stereocenters. The van der Waals surface area contributed by atoms with Crippen molar-refractivity contribution in [3.05, 3.63) is 69.5 Å². The van der Waals surface area contributed by atoms with E-state index < -0.39 is 9.33 Å². The van der Waals surface area contributed by atoms with Gasteiger partial charge in [-0.25, -0.2) is 0 Å². The molecule has 25 heavy (non-hydrogen) atoms. The van der Waals surface area contributed by atoms with Gasteiger partial charge in [-0.1, -0.05) is 47.8 Å². The molecule has 0 aliphatic carbocycles. The highest BCUT2D eigenvalue weighted by Gasteiger charge is 2.35. The van der Waals surface area contributed by atoms with Crippen molar-refractivity contribution in [2.75, 3.05) is 0 Å². The van der Waals surface area contributed by atoms with E-state index >= 15 is 0 Å². The number of halogens is 1. The molecule has 0 radical (unpaired) electrons. The molecule has 2 aliphatic rings. The Labute approximate surface area is 156 Å². The van der Waals surface area contributed by atoms with Gasteiger partial charge >= 0.3 is 9.33 Å². The fourth-order valence-electron chi connectivity index (χ4n) is 2.34. The van der Waals surface area contributed by atoms with Gasteiger partial charge in [0.25, 0.3) is 0 Å². The Morgan fingerprint density at radius 2 is 1.08 bits per heavy atom. The maximum Gasteiger partial charge on any atom is 0.353 e. The first-order valence-electron chi connectivity index (χ1n) is 6.80. The molecule has 0 spiro atoms. The van der Waals surface area contributed by atoms with Crippen molar-refractivity contribution >= 4 is 55.1 Å². The summed E-state index contributed by atoms with van der Waals surface area (Å²) in [6.45, 7) is 0. The lowest BCUT2D eigenvalue weighted by atomic mass is 10.1. The van der Waals surface area contributed by atoms with Gasteiger partial charge in [0.1, 0.15) is 0 Å². The van der Waals surface area contributed by atoms with E-state index in [2.05, 4.69) is 10.7 Å². The minimum absolute atomic E-state index is 0.0331. The zero-order valence-electron chi connectivity index (χ0n) is 12.3. The van der Waals surface area contributed by atoms with Crippen LogP contribution >= 0.6 is 34.2 Å². The largest absolute Gasteiger partial charge is 0.353 e. The Balaban J connectivity index is 0.000000324. The number of allylic oxidation sites excluding steroid dienone is 2. The van der Waals surface area contributed by atoms with E-state index in [1.807, 2.05) is 48.5 Å². The Hall–Kier alpha value is -1.58. The van der Waals surface area contributed by atoms with E-state index in [0.29, 0.717) is 20.9 Å². The van der Waals surface area contributed by atoms with Crippen molar-refractivity contribution in [1.29, 1.82) is 0 Å². The van der Waals surface area contributed by atoms with Crippen LogP contribution in [0.2, 0.25) is 0 Å². The van der Waals surface area contributed by atoms with Crippen LogP contribution in [0.15, 0.2) is 68.1 Å². The van der Waals surface area contributed by atoms with Gasteiger partial charge in [-0.05, 0) is 24.3 Å². The molecule has 0 saturated heterocycles. The highest BCUT2D eigenvalue weighted by atomic mass is 35.7. The average Bonchev–Trinajstić information content (AvgIpc) is 3.05. The molecule has 9 heteroatoms. The third-order valence-electron chi connectivity index (χ3n) is 3.31. The van der Waals surface area contributed by atoms with Crippen LogP contribution in [0.1, 0.15) is 20.7 Å². The lowest BCUT2D eigenvalue weighted by Gasteiger charge is -1.98. The zero-order valence-corrected chi connectivity index (χ0v) is 15.5. The minimum atomic E-state index is -4.19. The van der Waals surface area contributed by atoms with E-state index in [-0.39, 0.29) is 11.6 Å². The number of hydrogen-bond acceptors (Lipinski definition) is 6. The van der Waals surface area contributed by atoms with Crippen LogP contribution < -0.4 is 0 Å². The van der Waals surface area contributed by atoms with E-state index in [1.54, 1.807) is 0 Å². The Kier molecular flexibility index (Phi) is 5.08. The first-order chi connectivity index (χ1) is 11.8. The predicted molar refractivity (Wildman–Crippen MR) is 97.7 cm³/mol. The van der Waals surface area contributed by atoms with Crippen LogP contribution in [-0.2, 0) is 9.33 Å². The fraction of sp³-hybridized carbons (Fsp3) is 0. The number of ketones is 2. The third-order valence-corrected chi connectivity index (χ3v) is 5.77. The molecule has 0 atom stereocenters. The van der Waals surface area contributed by atoms with Gasteiger partial charge in [0, 0.05) is 31.6 Å². The second-order valence-electron chi connectivity index (χ2n) is 4.93. The summed E-state index contributed by atoms with van der Waals surface area (Å²) in [5.41, 5.74) is 1.40. The maximum atomic E-state index is 12.4. The average molecular weight is 413 g/mol. The molecular weight excluding hydrogens is 404 g/mol. The molecule has 0 amide bonds. The lowest BCUT2D eigenvalue weighted by molar-refractivity contribution is 0.101. The van der Waals surface area contributed by atoms with Crippen LogP contribution in [0, 0.1) is 0 Å². The van der Waals surface area contributed by atoms with Gasteiger partial charge in [0.05, 0.1) is 9.81 Å². The van der Waals surface area contributed by atoms with E-state index in [4.69, 9.17) is 13.0 Å². The molecule has 0 saturated carbocycles. The van der Waals surface area contributed by atoms with Crippen molar-refractivity contribution in [3.63, 3.8) is 0 Å². The standard InChI is InChI=1S/C16H8O2S2.ClHO3S/c17-13-9-5-1-3-7-11(9)19-15(13)16-14(18)10-6-2-4-8-12(10)20-16;1-5(2,3)4/h1-8H;(H,2,3,4)/b16-15-;. The predicted octanol–water partition coefficient (Wildman–Crippen LogP) is 4.20. The lowest BCUT2D eigenvalue weighted by Crippen LogP contribution is -2.01. The molecule has 2 heterocycles. The van der Waals surface area contributed by atoms with E-state index in [1.165, 1.54) is 23.5 Å². The van der Waals surface area contributed by atoms with Gasteiger partial charge in [-0.3, -0.25) is 14.1 Å². The zero-order chi connectivity index (χ0) is 18.2. The van der Waals surface area contributed by atoms with Crippen molar-refractivity contribution < 1.29 is 22.6 Å². The molecular formula is C16H9ClO5S3. The Morgan fingerprint density at radius 1 is 0.760 bits per heavy atom. The fourth-order valence-corrected chi connectivity index (χ4v) is 4.64. The quantitative estimate of drug-likeness (QED) is 0.394. The minimum Gasteiger partial charge on any atom is -0.288 e. The van der Waals surface area contributed by atoms with E-state index in [9.17, 15) is 9.59 Å². The van der Waals surface area contributed by atoms with Gasteiger partial charge in [0.15, 0.2) is 0 Å². The molecule has 128 valence electrons. The smallest absolute Gasteiger partial charge is 0.288 e. The molecule has 0 bridgehead atoms. The van der Waals surface area contributed by atoms with Crippen LogP contribution in [0.4, 0.5) is 0 Å². The summed E-state index contributed by atoms with van der Waals surface area (Å²) < 4.78 is 25.2. The summed E-state index contributed by atoms with van der Waals surface area (Å²) in [5.74, 6) is -0.0662. The molecule has 5 nitrogen and oxygen atoms in total. The van der Waals surface area contributed by atoms with Crippen LogP contribution in [-0.4, -0.2) is 24.5 Å². The highest BCUT2D eigenvalue weighted by Crippen LogP contribution is 2.49. The van der Waals surface area contributed by atoms with Crippen LogP contribution in [0.5, 0.6) is 0 Å². The van der Waals surface area contributed by atoms with Gasteiger partial charge in [-0.15, -0.1) is 0 Å². The Bertz CT molecular complexity index is 952. The molecule has 4 rings (SSSR count). The second kappa shape index (κ2) is 6.97. The number of carbonyl (C=O) groups is 2. The number of hydrogen-bond donors (Lipinski definition) is 1. The highest BCUT2D eigenvalue weighted by molar-refractivity contribution is 8.09. The topological polar surface area (TPSA) is 88.5 Å². The van der Waals surface area contributed by atoms with Crippen LogP contribution in [0.3, 0.4) is 0 Å². The summed E-state index contributed by atoms with van der Waals surface area (Å²) in [5, 5.41) is 0. The summed E-state index contributed by atoms with van der Waals surface area (Å²) >= 11 is 2.81. The molecule has 0 aromatic heterocycles. The monoisotopic (exact) mass is 412 g/mol. The van der Waals surface area contributed by atoms with Crippen molar-refractivity contribution in [3.8, 4) is 0 Å². The normalized spacial score (nSPS) is 18.5. The summed E-state index contributed by atoms with van der Waals surface area (Å²) in [6, 6.07) is 15.0.